The molecule has 0 aliphatic carbocycles. The van der Waals surface area contributed by atoms with Crippen molar-refractivity contribution in [2.75, 3.05) is 36.1 Å². The Hall–Kier alpha value is -2.84. The molecule has 8 nitrogen and oxygen atoms in total. The third-order valence-corrected chi connectivity index (χ3v) is 5.22. The minimum absolute atomic E-state index is 0.136. The molecule has 0 N–H and O–H groups in total. The highest BCUT2D eigenvalue weighted by Crippen LogP contribution is 2.54. The minimum Gasteiger partial charge on any atom is -0.445 e. The molecule has 3 aliphatic heterocycles. The summed E-state index contributed by atoms with van der Waals surface area (Å²) >= 11 is 6.69. The highest BCUT2D eigenvalue weighted by molar-refractivity contribution is 6.38. The minimum atomic E-state index is -0.323. The molecule has 0 unspecified atom stereocenters. The van der Waals surface area contributed by atoms with Crippen molar-refractivity contribution in [1.82, 2.24) is 4.98 Å². The van der Waals surface area contributed by atoms with Gasteiger partial charge in [0.1, 0.15) is 10.7 Å². The Morgan fingerprint density at radius 2 is 1.61 bits per heavy atom. The molecule has 2 saturated heterocycles. The maximum absolute atomic E-state index is 12.5. The summed E-state index contributed by atoms with van der Waals surface area (Å²) in [5.74, 6) is 1.10. The number of nitrogens with zero attached hydrogens (tertiary/aromatic N) is 3. The number of hydrogen-bond donors (Lipinski definition) is 0. The van der Waals surface area contributed by atoms with Crippen LogP contribution in [0.4, 0.5) is 11.5 Å². The van der Waals surface area contributed by atoms with E-state index in [-0.39, 0.29) is 47.0 Å². The van der Waals surface area contributed by atoms with Crippen molar-refractivity contribution in [2.45, 2.75) is 12.8 Å². The lowest BCUT2D eigenvalue weighted by atomic mass is 10.2. The molecule has 0 saturated carbocycles. The zero-order chi connectivity index (χ0) is 19.3. The number of para-hydroxylation sites is 2. The average Bonchev–Trinajstić information content (AvgIpc) is 3.05. The molecular formula is C19H16ClN3O5. The standard InChI is InChI=1S/C19H16ClN3O5/c20-15-16(23-13(24)5-6-14(23)25)17-19(21-18(15)22-7-9-26-10-8-22)28-12-4-2-1-3-11(12)27-17/h1-4H,5-10H2. The van der Waals surface area contributed by atoms with Gasteiger partial charge in [-0.1, -0.05) is 23.7 Å². The van der Waals surface area contributed by atoms with Crippen LogP contribution in [-0.2, 0) is 14.3 Å². The van der Waals surface area contributed by atoms with Crippen LogP contribution in [0.1, 0.15) is 12.8 Å². The molecule has 144 valence electrons. The zero-order valence-corrected chi connectivity index (χ0v) is 15.6. The molecule has 2 amide bonds. The monoisotopic (exact) mass is 401 g/mol. The van der Waals surface area contributed by atoms with Crippen LogP contribution in [0, 0.1) is 0 Å². The van der Waals surface area contributed by atoms with E-state index in [1.54, 1.807) is 18.2 Å². The smallest absolute Gasteiger partial charge is 0.267 e. The molecular weight excluding hydrogens is 386 g/mol. The first-order chi connectivity index (χ1) is 13.6. The summed E-state index contributed by atoms with van der Waals surface area (Å²) in [6.07, 6.45) is 0.271. The summed E-state index contributed by atoms with van der Waals surface area (Å²) in [5, 5.41) is 0.187. The summed E-state index contributed by atoms with van der Waals surface area (Å²) < 4.78 is 17.3. The maximum Gasteiger partial charge on any atom is 0.267 e. The number of carbonyl (C=O) groups is 2. The zero-order valence-electron chi connectivity index (χ0n) is 14.8. The summed E-state index contributed by atoms with van der Waals surface area (Å²) in [4.78, 5) is 32.5. The predicted molar refractivity (Wildman–Crippen MR) is 101 cm³/mol. The van der Waals surface area contributed by atoms with Gasteiger partial charge in [0.25, 0.3) is 5.88 Å². The molecule has 4 heterocycles. The highest BCUT2D eigenvalue weighted by Gasteiger charge is 2.39. The topological polar surface area (TPSA) is 81.2 Å². The molecule has 2 aromatic rings. The summed E-state index contributed by atoms with van der Waals surface area (Å²) in [7, 11) is 0. The highest BCUT2D eigenvalue weighted by atomic mass is 35.5. The first-order valence-electron chi connectivity index (χ1n) is 9.00. The Morgan fingerprint density at radius 1 is 0.964 bits per heavy atom. The van der Waals surface area contributed by atoms with Gasteiger partial charge in [0, 0.05) is 25.9 Å². The van der Waals surface area contributed by atoms with Crippen LogP contribution >= 0.6 is 11.6 Å². The van der Waals surface area contributed by atoms with Crippen molar-refractivity contribution in [2.24, 2.45) is 0 Å². The lowest BCUT2D eigenvalue weighted by Crippen LogP contribution is -2.37. The van der Waals surface area contributed by atoms with Crippen LogP contribution in [0.2, 0.25) is 5.02 Å². The van der Waals surface area contributed by atoms with E-state index in [1.165, 1.54) is 0 Å². The first kappa shape index (κ1) is 17.3. The van der Waals surface area contributed by atoms with Crippen molar-refractivity contribution in [3.63, 3.8) is 0 Å². The Bertz CT molecular complexity index is 974. The Balaban J connectivity index is 1.69. The molecule has 1 aromatic heterocycles. The van der Waals surface area contributed by atoms with Gasteiger partial charge in [-0.05, 0) is 12.1 Å². The van der Waals surface area contributed by atoms with Crippen molar-refractivity contribution in [3.8, 4) is 23.1 Å². The van der Waals surface area contributed by atoms with Gasteiger partial charge >= 0.3 is 0 Å². The number of aromatic nitrogens is 1. The van der Waals surface area contributed by atoms with Crippen LogP contribution < -0.4 is 19.3 Å². The Morgan fingerprint density at radius 3 is 2.29 bits per heavy atom. The van der Waals surface area contributed by atoms with E-state index in [0.717, 1.165) is 4.90 Å². The normalized spacial score (nSPS) is 18.5. The van der Waals surface area contributed by atoms with Gasteiger partial charge in [0.05, 0.1) is 13.2 Å². The largest absolute Gasteiger partial charge is 0.445 e. The summed E-state index contributed by atoms with van der Waals surface area (Å²) in [6.45, 7) is 2.24. The molecule has 9 heteroatoms. The number of hydrogen-bond acceptors (Lipinski definition) is 7. The van der Waals surface area contributed by atoms with E-state index in [9.17, 15) is 9.59 Å². The van der Waals surface area contributed by atoms with E-state index >= 15 is 0 Å². The summed E-state index contributed by atoms with van der Waals surface area (Å²) in [5.41, 5.74) is 0.190. The van der Waals surface area contributed by atoms with Gasteiger partial charge in [-0.25, -0.2) is 4.90 Å². The van der Waals surface area contributed by atoms with Gasteiger partial charge in [-0.3, -0.25) is 9.59 Å². The second kappa shape index (κ2) is 6.65. The fraction of sp³-hybridized carbons (Fsp3) is 0.316. The number of amides is 2. The van der Waals surface area contributed by atoms with E-state index in [0.29, 0.717) is 43.6 Å². The fourth-order valence-electron chi connectivity index (χ4n) is 3.51. The van der Waals surface area contributed by atoms with Gasteiger partial charge in [-0.15, -0.1) is 0 Å². The van der Waals surface area contributed by atoms with E-state index in [2.05, 4.69) is 4.98 Å². The van der Waals surface area contributed by atoms with Gasteiger partial charge in [-0.2, -0.15) is 4.98 Å². The maximum atomic E-state index is 12.5. The number of carbonyl (C=O) groups excluding carboxylic acids is 2. The second-order valence-electron chi connectivity index (χ2n) is 6.61. The number of pyridine rings is 1. The second-order valence-corrected chi connectivity index (χ2v) is 6.98. The SMILES string of the molecule is O=C1CCC(=O)N1c1c(Cl)c(N2CCOCC2)nc2c1Oc1ccccc1O2. The van der Waals surface area contributed by atoms with Crippen molar-refractivity contribution < 1.29 is 23.8 Å². The molecule has 0 bridgehead atoms. The number of ether oxygens (including phenoxy) is 3. The number of anilines is 2. The molecule has 5 rings (SSSR count). The van der Waals surface area contributed by atoms with Crippen LogP contribution in [0.3, 0.4) is 0 Å². The Kier molecular flexibility index (Phi) is 4.10. The number of benzene rings is 1. The molecule has 0 atom stereocenters. The lowest BCUT2D eigenvalue weighted by molar-refractivity contribution is -0.121. The number of fused-ring (bicyclic) bond motifs is 2. The van der Waals surface area contributed by atoms with Crippen molar-refractivity contribution in [3.05, 3.63) is 29.3 Å². The number of morpholine rings is 1. The molecule has 0 spiro atoms. The van der Waals surface area contributed by atoms with Gasteiger partial charge in [0.15, 0.2) is 17.3 Å². The third kappa shape index (κ3) is 2.68. The quantitative estimate of drug-likeness (QED) is 0.610. The van der Waals surface area contributed by atoms with E-state index in [1.807, 2.05) is 11.0 Å². The molecule has 1 aromatic carbocycles. The fourth-order valence-corrected chi connectivity index (χ4v) is 3.84. The van der Waals surface area contributed by atoms with Crippen molar-refractivity contribution in [1.29, 1.82) is 0 Å². The van der Waals surface area contributed by atoms with Crippen LogP contribution in [0.15, 0.2) is 24.3 Å². The van der Waals surface area contributed by atoms with Gasteiger partial charge in [0.2, 0.25) is 17.6 Å². The predicted octanol–water partition coefficient (Wildman–Crippen LogP) is 3.12. The lowest BCUT2D eigenvalue weighted by Gasteiger charge is -2.32. The first-order valence-corrected chi connectivity index (χ1v) is 9.38. The number of rotatable bonds is 2. The van der Waals surface area contributed by atoms with Crippen LogP contribution in [0.25, 0.3) is 0 Å². The molecule has 28 heavy (non-hydrogen) atoms. The van der Waals surface area contributed by atoms with Crippen molar-refractivity contribution >= 4 is 34.9 Å². The van der Waals surface area contributed by atoms with E-state index in [4.69, 9.17) is 25.8 Å². The molecule has 2 fully saturated rings. The number of imide groups is 1. The van der Waals surface area contributed by atoms with Crippen LogP contribution in [0.5, 0.6) is 23.1 Å². The van der Waals surface area contributed by atoms with Gasteiger partial charge < -0.3 is 19.1 Å². The molecule has 3 aliphatic rings. The average molecular weight is 402 g/mol. The van der Waals surface area contributed by atoms with E-state index < -0.39 is 0 Å². The third-order valence-electron chi connectivity index (χ3n) is 4.87. The molecule has 0 radical (unpaired) electrons. The van der Waals surface area contributed by atoms with Crippen LogP contribution in [-0.4, -0.2) is 43.1 Å². The number of halogens is 1. The summed E-state index contributed by atoms with van der Waals surface area (Å²) in [6, 6.07) is 7.12. The Labute approximate surface area is 165 Å².